The molecule has 0 bridgehead atoms. The van der Waals surface area contributed by atoms with Crippen LogP contribution in [0.3, 0.4) is 0 Å². The van der Waals surface area contributed by atoms with Crippen LogP contribution in [-0.2, 0) is 4.79 Å². The Balaban J connectivity index is 2.44. The highest BCUT2D eigenvalue weighted by Gasteiger charge is 2.15. The van der Waals surface area contributed by atoms with Gasteiger partial charge in [0, 0.05) is 19.3 Å². The number of nitrogens with zero attached hydrogens (tertiary/aromatic N) is 5. The molecule has 0 saturated carbocycles. The summed E-state index contributed by atoms with van der Waals surface area (Å²) in [5.74, 6) is 0.805. The van der Waals surface area contributed by atoms with Crippen LogP contribution in [0.1, 0.15) is 6.92 Å². The van der Waals surface area contributed by atoms with E-state index in [9.17, 15) is 4.79 Å². The van der Waals surface area contributed by atoms with E-state index < -0.39 is 0 Å². The van der Waals surface area contributed by atoms with E-state index in [-0.39, 0.29) is 5.91 Å². The Morgan fingerprint density at radius 2 is 1.56 bits per heavy atom. The standard InChI is InChI=1S/C10H9N5O/c1-8(16)15(9-2-4-11-6-13-9)10-3-5-12-7-14-10/h2-7H,1H3. The van der Waals surface area contributed by atoms with Crippen molar-refractivity contribution in [1.29, 1.82) is 0 Å². The van der Waals surface area contributed by atoms with Crippen molar-refractivity contribution in [3.8, 4) is 0 Å². The highest BCUT2D eigenvalue weighted by atomic mass is 16.2. The van der Waals surface area contributed by atoms with E-state index in [0.29, 0.717) is 11.6 Å². The normalized spacial score (nSPS) is 9.81. The lowest BCUT2D eigenvalue weighted by molar-refractivity contribution is -0.115. The van der Waals surface area contributed by atoms with Crippen LogP contribution in [0.4, 0.5) is 11.6 Å². The fourth-order valence-electron chi connectivity index (χ4n) is 1.27. The van der Waals surface area contributed by atoms with Crippen LogP contribution in [-0.4, -0.2) is 25.8 Å². The lowest BCUT2D eigenvalue weighted by Gasteiger charge is -2.17. The first-order valence-electron chi connectivity index (χ1n) is 4.62. The van der Waals surface area contributed by atoms with Gasteiger partial charge in [-0.2, -0.15) is 0 Å². The first kappa shape index (κ1) is 10.2. The topological polar surface area (TPSA) is 71.9 Å². The second-order valence-electron chi connectivity index (χ2n) is 2.99. The van der Waals surface area contributed by atoms with Gasteiger partial charge in [0.1, 0.15) is 24.3 Å². The number of carbonyl (C=O) groups is 1. The maximum atomic E-state index is 11.5. The average Bonchev–Trinajstić information content (AvgIpc) is 2.31. The first-order valence-corrected chi connectivity index (χ1v) is 4.62. The summed E-state index contributed by atoms with van der Waals surface area (Å²) in [6.07, 6.45) is 5.90. The van der Waals surface area contributed by atoms with E-state index in [0.717, 1.165) is 0 Å². The maximum absolute atomic E-state index is 11.5. The van der Waals surface area contributed by atoms with E-state index in [4.69, 9.17) is 0 Å². The molecular weight excluding hydrogens is 206 g/mol. The van der Waals surface area contributed by atoms with Crippen LogP contribution in [0.25, 0.3) is 0 Å². The quantitative estimate of drug-likeness (QED) is 0.745. The minimum absolute atomic E-state index is 0.169. The third kappa shape index (κ3) is 2.00. The molecule has 0 aromatic carbocycles. The molecule has 0 aliphatic heterocycles. The fraction of sp³-hybridized carbons (Fsp3) is 0.100. The van der Waals surface area contributed by atoms with Gasteiger partial charge in [-0.3, -0.25) is 4.79 Å². The highest BCUT2D eigenvalue weighted by Crippen LogP contribution is 2.19. The third-order valence-electron chi connectivity index (χ3n) is 1.91. The van der Waals surface area contributed by atoms with E-state index in [1.54, 1.807) is 24.5 Å². The highest BCUT2D eigenvalue weighted by molar-refractivity contribution is 5.96. The molecule has 6 nitrogen and oxygen atoms in total. The Hall–Kier alpha value is -2.37. The van der Waals surface area contributed by atoms with Gasteiger partial charge >= 0.3 is 0 Å². The number of aromatic nitrogens is 4. The zero-order valence-electron chi connectivity index (χ0n) is 8.61. The Morgan fingerprint density at radius 3 is 1.88 bits per heavy atom. The van der Waals surface area contributed by atoms with Crippen LogP contribution in [0, 0.1) is 0 Å². The van der Waals surface area contributed by atoms with Crippen molar-refractivity contribution >= 4 is 17.5 Å². The van der Waals surface area contributed by atoms with Crippen molar-refractivity contribution in [1.82, 2.24) is 19.9 Å². The summed E-state index contributed by atoms with van der Waals surface area (Å²) in [4.78, 5) is 28.6. The molecule has 0 saturated heterocycles. The van der Waals surface area contributed by atoms with Gasteiger partial charge in [0.05, 0.1) is 0 Å². The third-order valence-corrected chi connectivity index (χ3v) is 1.91. The first-order chi connectivity index (χ1) is 7.79. The van der Waals surface area contributed by atoms with Gasteiger partial charge in [-0.25, -0.2) is 24.8 Å². The van der Waals surface area contributed by atoms with Crippen LogP contribution >= 0.6 is 0 Å². The molecule has 0 atom stereocenters. The Labute approximate surface area is 92.0 Å². The molecule has 0 aliphatic rings. The van der Waals surface area contributed by atoms with Crippen molar-refractivity contribution in [3.05, 3.63) is 37.2 Å². The number of carbonyl (C=O) groups excluding carboxylic acids is 1. The van der Waals surface area contributed by atoms with E-state index in [1.165, 1.54) is 24.5 Å². The van der Waals surface area contributed by atoms with Crippen molar-refractivity contribution in [2.24, 2.45) is 0 Å². The van der Waals surface area contributed by atoms with Gasteiger partial charge < -0.3 is 0 Å². The van der Waals surface area contributed by atoms with Crippen LogP contribution in [0.5, 0.6) is 0 Å². The number of hydrogen-bond acceptors (Lipinski definition) is 5. The van der Waals surface area contributed by atoms with Crippen LogP contribution in [0.2, 0.25) is 0 Å². The van der Waals surface area contributed by atoms with Crippen molar-refractivity contribution < 1.29 is 4.79 Å². The lowest BCUT2D eigenvalue weighted by atomic mass is 10.4. The summed E-state index contributed by atoms with van der Waals surface area (Å²) in [6, 6.07) is 3.28. The van der Waals surface area contributed by atoms with Crippen molar-refractivity contribution in [3.63, 3.8) is 0 Å². The molecule has 1 amide bonds. The summed E-state index contributed by atoms with van der Waals surface area (Å²) in [6.45, 7) is 1.45. The summed E-state index contributed by atoms with van der Waals surface area (Å²) < 4.78 is 0. The van der Waals surface area contributed by atoms with Gasteiger partial charge in [0.25, 0.3) is 0 Å². The predicted octanol–water partition coefficient (Wildman–Crippen LogP) is 0.951. The molecule has 16 heavy (non-hydrogen) atoms. The maximum Gasteiger partial charge on any atom is 0.230 e. The molecule has 2 rings (SSSR count). The van der Waals surface area contributed by atoms with Crippen LogP contribution < -0.4 is 4.90 Å². The smallest absolute Gasteiger partial charge is 0.230 e. The Bertz CT molecular complexity index is 434. The zero-order chi connectivity index (χ0) is 11.4. The second kappa shape index (κ2) is 4.43. The summed E-state index contributed by atoms with van der Waals surface area (Å²) >= 11 is 0. The van der Waals surface area contributed by atoms with Crippen molar-refractivity contribution in [2.75, 3.05) is 4.90 Å². The van der Waals surface area contributed by atoms with Gasteiger partial charge in [-0.15, -0.1) is 0 Å². The van der Waals surface area contributed by atoms with Crippen molar-refractivity contribution in [2.45, 2.75) is 6.92 Å². The molecule has 0 radical (unpaired) electrons. The minimum atomic E-state index is -0.169. The van der Waals surface area contributed by atoms with E-state index in [2.05, 4.69) is 19.9 Å². The van der Waals surface area contributed by atoms with Gasteiger partial charge in [0.2, 0.25) is 5.91 Å². The molecule has 2 aromatic heterocycles. The van der Waals surface area contributed by atoms with E-state index >= 15 is 0 Å². The fourth-order valence-corrected chi connectivity index (χ4v) is 1.27. The number of anilines is 2. The average molecular weight is 215 g/mol. The SMILES string of the molecule is CC(=O)N(c1ccncn1)c1ccncn1. The Morgan fingerprint density at radius 1 is 1.06 bits per heavy atom. The molecule has 0 N–H and O–H groups in total. The molecule has 0 unspecified atom stereocenters. The van der Waals surface area contributed by atoms with Gasteiger partial charge in [-0.1, -0.05) is 0 Å². The molecule has 0 fully saturated rings. The lowest BCUT2D eigenvalue weighted by Crippen LogP contribution is -2.24. The van der Waals surface area contributed by atoms with Crippen LogP contribution in [0.15, 0.2) is 37.2 Å². The number of amides is 1. The second-order valence-corrected chi connectivity index (χ2v) is 2.99. The molecular formula is C10H9N5O. The Kier molecular flexibility index (Phi) is 2.81. The number of hydrogen-bond donors (Lipinski definition) is 0. The van der Waals surface area contributed by atoms with Gasteiger partial charge in [0.15, 0.2) is 0 Å². The predicted molar refractivity (Wildman–Crippen MR) is 56.9 cm³/mol. The summed E-state index contributed by atoms with van der Waals surface area (Å²) in [7, 11) is 0. The number of rotatable bonds is 2. The van der Waals surface area contributed by atoms with E-state index in [1.807, 2.05) is 0 Å². The zero-order valence-corrected chi connectivity index (χ0v) is 8.61. The molecule has 80 valence electrons. The molecule has 2 aromatic rings. The van der Waals surface area contributed by atoms with Gasteiger partial charge in [-0.05, 0) is 12.1 Å². The minimum Gasteiger partial charge on any atom is -0.274 e. The summed E-state index contributed by atoms with van der Waals surface area (Å²) in [5.41, 5.74) is 0. The molecule has 6 heteroatoms. The molecule has 0 aliphatic carbocycles. The molecule has 2 heterocycles. The molecule has 0 spiro atoms. The summed E-state index contributed by atoms with van der Waals surface area (Å²) in [5, 5.41) is 0. The largest absolute Gasteiger partial charge is 0.274 e. The monoisotopic (exact) mass is 215 g/mol.